The Hall–Kier alpha value is -0.830. The summed E-state index contributed by atoms with van der Waals surface area (Å²) in [6.45, 7) is 11.9. The summed E-state index contributed by atoms with van der Waals surface area (Å²) in [6.07, 6.45) is 7.04. The van der Waals surface area contributed by atoms with Crippen molar-refractivity contribution in [1.82, 2.24) is 5.32 Å². The van der Waals surface area contributed by atoms with E-state index in [-0.39, 0.29) is 18.0 Å². The molecule has 0 aromatic carbocycles. The molecule has 0 amide bonds. The summed E-state index contributed by atoms with van der Waals surface area (Å²) in [5.41, 5.74) is 1.72. The van der Waals surface area contributed by atoms with Gasteiger partial charge >= 0.3 is 5.97 Å². The van der Waals surface area contributed by atoms with E-state index in [9.17, 15) is 4.79 Å². The van der Waals surface area contributed by atoms with Gasteiger partial charge in [0.25, 0.3) is 0 Å². The molecule has 3 rings (SSSR count). The van der Waals surface area contributed by atoms with Gasteiger partial charge in [-0.1, -0.05) is 26.0 Å². The molecule has 1 heterocycles. The number of rotatable bonds is 4. The molecule has 3 aliphatic rings. The zero-order valence-corrected chi connectivity index (χ0v) is 14.4. The summed E-state index contributed by atoms with van der Waals surface area (Å²) in [5.74, 6) is 1.04. The molecule has 3 heteroatoms. The van der Waals surface area contributed by atoms with Gasteiger partial charge in [0.05, 0.1) is 5.92 Å². The first-order chi connectivity index (χ1) is 10.4. The van der Waals surface area contributed by atoms with Crippen LogP contribution in [-0.4, -0.2) is 24.7 Å². The van der Waals surface area contributed by atoms with E-state index >= 15 is 0 Å². The average molecular weight is 305 g/mol. The monoisotopic (exact) mass is 305 g/mol. The van der Waals surface area contributed by atoms with Crippen LogP contribution >= 0.6 is 0 Å². The summed E-state index contributed by atoms with van der Waals surface area (Å²) >= 11 is 0. The maximum absolute atomic E-state index is 12.3. The van der Waals surface area contributed by atoms with E-state index in [4.69, 9.17) is 4.74 Å². The van der Waals surface area contributed by atoms with Crippen molar-refractivity contribution >= 4 is 5.97 Å². The molecule has 1 aliphatic heterocycles. The Bertz CT molecular complexity index is 460. The first kappa shape index (κ1) is 16.0. The predicted octanol–water partition coefficient (Wildman–Crippen LogP) is 3.69. The van der Waals surface area contributed by atoms with Crippen LogP contribution in [0.5, 0.6) is 0 Å². The highest BCUT2D eigenvalue weighted by atomic mass is 16.6. The van der Waals surface area contributed by atoms with Crippen molar-refractivity contribution in [3.8, 4) is 0 Å². The normalized spacial score (nSPS) is 42.5. The van der Waals surface area contributed by atoms with Gasteiger partial charge in [0, 0.05) is 18.5 Å². The number of carbonyl (C=O) groups excluding carboxylic acids is 1. The molecule has 0 bridgehead atoms. The largest absolute Gasteiger partial charge is 0.462 e. The van der Waals surface area contributed by atoms with Crippen LogP contribution in [0.25, 0.3) is 0 Å². The Labute approximate surface area is 134 Å². The fourth-order valence-electron chi connectivity index (χ4n) is 4.96. The molecule has 0 spiro atoms. The molecule has 3 fully saturated rings. The number of carbonyl (C=O) groups is 1. The minimum atomic E-state index is 0.0265. The van der Waals surface area contributed by atoms with Gasteiger partial charge in [-0.2, -0.15) is 0 Å². The van der Waals surface area contributed by atoms with Gasteiger partial charge in [0.2, 0.25) is 0 Å². The number of fused-ring (bicyclic) bond motifs is 2. The van der Waals surface area contributed by atoms with Gasteiger partial charge in [-0.15, -0.1) is 0 Å². The topological polar surface area (TPSA) is 38.3 Å². The maximum Gasteiger partial charge on any atom is 0.310 e. The summed E-state index contributed by atoms with van der Waals surface area (Å²) < 4.78 is 5.78. The van der Waals surface area contributed by atoms with Crippen molar-refractivity contribution < 1.29 is 9.53 Å². The molecular formula is C19H31NO2. The first-order valence-corrected chi connectivity index (χ1v) is 9.06. The number of hydrogen-bond acceptors (Lipinski definition) is 3. The second-order valence-electron chi connectivity index (χ2n) is 8.12. The molecule has 1 saturated heterocycles. The number of nitrogens with one attached hydrogen (secondary N) is 1. The lowest BCUT2D eigenvalue weighted by atomic mass is 9.55. The van der Waals surface area contributed by atoms with Gasteiger partial charge in [-0.25, -0.2) is 0 Å². The smallest absolute Gasteiger partial charge is 0.310 e. The van der Waals surface area contributed by atoms with E-state index in [1.807, 2.05) is 0 Å². The molecule has 2 aliphatic carbocycles. The number of allylic oxidation sites excluding steroid dienone is 1. The van der Waals surface area contributed by atoms with Crippen LogP contribution < -0.4 is 5.32 Å². The molecule has 124 valence electrons. The number of ether oxygens (including phenoxy) is 1. The third-order valence-corrected chi connectivity index (χ3v) is 6.62. The number of esters is 1. The predicted molar refractivity (Wildman–Crippen MR) is 88.4 cm³/mol. The Morgan fingerprint density at radius 1 is 1.50 bits per heavy atom. The average Bonchev–Trinajstić information content (AvgIpc) is 2.77. The zero-order valence-electron chi connectivity index (χ0n) is 14.4. The molecule has 0 unspecified atom stereocenters. The molecular weight excluding hydrogens is 274 g/mol. The Balaban J connectivity index is 1.73. The second-order valence-corrected chi connectivity index (χ2v) is 8.12. The Kier molecular flexibility index (Phi) is 4.37. The van der Waals surface area contributed by atoms with Crippen LogP contribution in [0.2, 0.25) is 0 Å². The van der Waals surface area contributed by atoms with E-state index in [0.717, 1.165) is 25.8 Å². The van der Waals surface area contributed by atoms with E-state index in [1.165, 1.54) is 24.8 Å². The minimum Gasteiger partial charge on any atom is -0.462 e. The van der Waals surface area contributed by atoms with Crippen LogP contribution in [-0.2, 0) is 9.53 Å². The molecule has 3 nitrogen and oxygen atoms in total. The SMILES string of the molecule is C=C1CCC[C@]2(C)C[C@H]3OC(=O)[C@H](CN[C@@H](C)CC)[C@H]3C[C@@H]12. The van der Waals surface area contributed by atoms with E-state index in [1.54, 1.807) is 0 Å². The lowest BCUT2D eigenvalue weighted by molar-refractivity contribution is -0.146. The summed E-state index contributed by atoms with van der Waals surface area (Å²) in [5, 5.41) is 3.51. The van der Waals surface area contributed by atoms with Crippen molar-refractivity contribution in [3.63, 3.8) is 0 Å². The molecule has 6 atom stereocenters. The van der Waals surface area contributed by atoms with Gasteiger partial charge in [0.15, 0.2) is 0 Å². The summed E-state index contributed by atoms with van der Waals surface area (Å²) in [6, 6.07) is 0.463. The second kappa shape index (κ2) is 5.99. The standard InChI is InChI=1S/C19H31NO2/c1-5-13(3)20-11-15-14-9-16-12(2)7-6-8-19(16,4)10-17(14)22-18(15)21/h13-17,20H,2,5-11H2,1,3-4H3/t13-,14+,15+,16-,17+,19+/m0/s1. The molecule has 22 heavy (non-hydrogen) atoms. The molecule has 0 radical (unpaired) electrons. The quantitative estimate of drug-likeness (QED) is 0.636. The highest BCUT2D eigenvalue weighted by Gasteiger charge is 2.54. The molecule has 0 aromatic heterocycles. The highest BCUT2D eigenvalue weighted by Crippen LogP contribution is 2.56. The van der Waals surface area contributed by atoms with Gasteiger partial charge in [0.1, 0.15) is 6.10 Å². The van der Waals surface area contributed by atoms with Crippen LogP contribution in [0, 0.1) is 23.2 Å². The lowest BCUT2D eigenvalue weighted by Crippen LogP contribution is -2.45. The molecule has 1 N–H and O–H groups in total. The minimum absolute atomic E-state index is 0.0265. The van der Waals surface area contributed by atoms with Crippen LogP contribution in [0.3, 0.4) is 0 Å². The van der Waals surface area contributed by atoms with Crippen molar-refractivity contribution in [3.05, 3.63) is 12.2 Å². The first-order valence-electron chi connectivity index (χ1n) is 9.06. The van der Waals surface area contributed by atoms with Crippen molar-refractivity contribution in [2.75, 3.05) is 6.54 Å². The van der Waals surface area contributed by atoms with E-state index < -0.39 is 0 Å². The van der Waals surface area contributed by atoms with Crippen molar-refractivity contribution in [1.29, 1.82) is 0 Å². The fourth-order valence-corrected chi connectivity index (χ4v) is 4.96. The van der Waals surface area contributed by atoms with E-state index in [2.05, 4.69) is 32.7 Å². The lowest BCUT2D eigenvalue weighted by Gasteiger charge is -2.50. The van der Waals surface area contributed by atoms with Gasteiger partial charge < -0.3 is 10.1 Å². The molecule has 2 saturated carbocycles. The zero-order chi connectivity index (χ0) is 15.9. The van der Waals surface area contributed by atoms with Crippen molar-refractivity contribution in [2.24, 2.45) is 23.2 Å². The maximum atomic E-state index is 12.3. The highest BCUT2D eigenvalue weighted by molar-refractivity contribution is 5.75. The van der Waals surface area contributed by atoms with E-state index in [0.29, 0.717) is 23.3 Å². The van der Waals surface area contributed by atoms with Crippen molar-refractivity contribution in [2.45, 2.75) is 71.4 Å². The number of hydrogen-bond donors (Lipinski definition) is 1. The summed E-state index contributed by atoms with van der Waals surface area (Å²) in [7, 11) is 0. The van der Waals surface area contributed by atoms with Crippen LogP contribution in [0.1, 0.15) is 59.3 Å². The third kappa shape index (κ3) is 2.73. The van der Waals surface area contributed by atoms with Gasteiger partial charge in [-0.3, -0.25) is 4.79 Å². The Morgan fingerprint density at radius 2 is 2.27 bits per heavy atom. The Morgan fingerprint density at radius 3 is 3.00 bits per heavy atom. The van der Waals surface area contributed by atoms with Crippen LogP contribution in [0.4, 0.5) is 0 Å². The third-order valence-electron chi connectivity index (χ3n) is 6.62. The summed E-state index contributed by atoms with van der Waals surface area (Å²) in [4.78, 5) is 12.3. The fraction of sp³-hybridized carbons (Fsp3) is 0.842. The molecule has 0 aromatic rings. The van der Waals surface area contributed by atoms with Gasteiger partial charge in [-0.05, 0) is 56.8 Å². The van der Waals surface area contributed by atoms with Crippen LogP contribution in [0.15, 0.2) is 12.2 Å².